The summed E-state index contributed by atoms with van der Waals surface area (Å²) >= 11 is 3.05. The summed E-state index contributed by atoms with van der Waals surface area (Å²) in [6, 6.07) is 0. The second-order valence-corrected chi connectivity index (χ2v) is 3.59. The van der Waals surface area contributed by atoms with Gasteiger partial charge in [0.15, 0.2) is 5.41 Å². The molecule has 16 heavy (non-hydrogen) atoms. The molecule has 0 aliphatic carbocycles. The third-order valence-corrected chi connectivity index (χ3v) is 2.95. The summed E-state index contributed by atoms with van der Waals surface area (Å²) in [6.07, 6.45) is 0.255. The number of ether oxygens (including phenoxy) is 2. The average Bonchev–Trinajstić information content (AvgIpc) is 2.26. The van der Waals surface area contributed by atoms with Gasteiger partial charge in [0.2, 0.25) is 0 Å². The van der Waals surface area contributed by atoms with Crippen LogP contribution in [0.25, 0.3) is 0 Å². The van der Waals surface area contributed by atoms with Gasteiger partial charge in [0.05, 0.1) is 13.2 Å². The molecule has 0 aromatic rings. The van der Waals surface area contributed by atoms with Crippen LogP contribution in [-0.4, -0.2) is 36.8 Å². The molecular weight excluding hydrogens is 280 g/mol. The smallest absolute Gasteiger partial charge is 0.324 e. The molecule has 0 spiro atoms. The fraction of sp³-hybridized carbons (Fsp3) is 0.700. The lowest BCUT2D eigenvalue weighted by molar-refractivity contribution is -0.171. The Hall–Kier alpha value is -0.910. The first-order valence-corrected chi connectivity index (χ1v) is 6.05. The normalized spacial score (nSPS) is 10.7. The molecule has 0 aromatic heterocycles. The van der Waals surface area contributed by atoms with Gasteiger partial charge in [0.25, 0.3) is 0 Å². The minimum absolute atomic E-state index is 0.00356. The Labute approximate surface area is 103 Å². The molecule has 5 nitrogen and oxygen atoms in total. The minimum Gasteiger partial charge on any atom is -0.465 e. The van der Waals surface area contributed by atoms with E-state index in [-0.39, 0.29) is 25.0 Å². The molecule has 0 unspecified atom stereocenters. The number of hydrogen-bond donors (Lipinski definition) is 0. The van der Waals surface area contributed by atoms with E-state index < -0.39 is 17.4 Å². The van der Waals surface area contributed by atoms with Gasteiger partial charge in [-0.05, 0) is 13.8 Å². The SMILES string of the molecule is CCOC(=O)C(CBr)(CC=O)C(=O)OCC. The van der Waals surface area contributed by atoms with Crippen LogP contribution in [-0.2, 0) is 23.9 Å². The number of alkyl halides is 1. The standard InChI is InChI=1S/C10H15BrO5/c1-3-15-8(13)10(7-11,5-6-12)9(14)16-4-2/h6H,3-5,7H2,1-2H3. The van der Waals surface area contributed by atoms with Gasteiger partial charge in [-0.2, -0.15) is 0 Å². The molecule has 0 saturated heterocycles. The topological polar surface area (TPSA) is 69.7 Å². The first-order valence-electron chi connectivity index (χ1n) is 4.93. The second kappa shape index (κ2) is 7.38. The van der Waals surface area contributed by atoms with Crippen molar-refractivity contribution in [1.82, 2.24) is 0 Å². The highest BCUT2D eigenvalue weighted by molar-refractivity contribution is 9.09. The lowest BCUT2D eigenvalue weighted by Gasteiger charge is -2.24. The van der Waals surface area contributed by atoms with Crippen molar-refractivity contribution >= 4 is 34.2 Å². The number of halogens is 1. The Bertz CT molecular complexity index is 246. The average molecular weight is 295 g/mol. The lowest BCUT2D eigenvalue weighted by atomic mass is 9.87. The van der Waals surface area contributed by atoms with Crippen LogP contribution in [0.2, 0.25) is 0 Å². The maximum atomic E-state index is 11.7. The van der Waals surface area contributed by atoms with E-state index in [1.54, 1.807) is 13.8 Å². The monoisotopic (exact) mass is 294 g/mol. The zero-order chi connectivity index (χ0) is 12.6. The third kappa shape index (κ3) is 3.30. The third-order valence-electron chi connectivity index (χ3n) is 1.99. The first-order chi connectivity index (χ1) is 7.58. The van der Waals surface area contributed by atoms with Gasteiger partial charge in [0, 0.05) is 11.8 Å². The van der Waals surface area contributed by atoms with Crippen LogP contribution in [0.5, 0.6) is 0 Å². The number of carbonyl (C=O) groups excluding carboxylic acids is 3. The highest BCUT2D eigenvalue weighted by Gasteiger charge is 2.47. The lowest BCUT2D eigenvalue weighted by Crippen LogP contribution is -2.44. The molecule has 0 radical (unpaired) electrons. The summed E-state index contributed by atoms with van der Waals surface area (Å²) in [6.45, 7) is 3.55. The zero-order valence-corrected chi connectivity index (χ0v) is 10.9. The predicted octanol–water partition coefficient (Wildman–Crippen LogP) is 1.08. The van der Waals surface area contributed by atoms with E-state index in [9.17, 15) is 14.4 Å². The van der Waals surface area contributed by atoms with Crippen LogP contribution in [0.15, 0.2) is 0 Å². The molecule has 0 N–H and O–H groups in total. The highest BCUT2D eigenvalue weighted by Crippen LogP contribution is 2.28. The van der Waals surface area contributed by atoms with Gasteiger partial charge in [-0.1, -0.05) is 15.9 Å². The molecule has 0 heterocycles. The maximum Gasteiger partial charge on any atom is 0.324 e. The van der Waals surface area contributed by atoms with Crippen molar-refractivity contribution in [3.63, 3.8) is 0 Å². The van der Waals surface area contributed by atoms with Crippen LogP contribution in [0, 0.1) is 5.41 Å². The van der Waals surface area contributed by atoms with Gasteiger partial charge in [0.1, 0.15) is 6.29 Å². The Balaban J connectivity index is 5.04. The van der Waals surface area contributed by atoms with E-state index >= 15 is 0 Å². The molecular formula is C10H15BrO5. The molecule has 0 rings (SSSR count). The van der Waals surface area contributed by atoms with Crippen LogP contribution < -0.4 is 0 Å². The Morgan fingerprint density at radius 2 is 1.62 bits per heavy atom. The molecule has 0 atom stereocenters. The van der Waals surface area contributed by atoms with Crippen molar-refractivity contribution in [3.8, 4) is 0 Å². The first kappa shape index (κ1) is 15.1. The Morgan fingerprint density at radius 3 is 1.88 bits per heavy atom. The van der Waals surface area contributed by atoms with Crippen molar-refractivity contribution in [2.24, 2.45) is 5.41 Å². The van der Waals surface area contributed by atoms with E-state index in [0.29, 0.717) is 6.29 Å². The summed E-state index contributed by atoms with van der Waals surface area (Å²) in [7, 11) is 0. The van der Waals surface area contributed by atoms with Crippen LogP contribution in [0.4, 0.5) is 0 Å². The number of esters is 2. The molecule has 0 fully saturated rings. The quantitative estimate of drug-likeness (QED) is 0.304. The van der Waals surface area contributed by atoms with Crippen LogP contribution in [0.3, 0.4) is 0 Å². The molecule has 0 bridgehead atoms. The van der Waals surface area contributed by atoms with Crippen LogP contribution in [0.1, 0.15) is 20.3 Å². The van der Waals surface area contributed by atoms with Gasteiger partial charge in [-0.15, -0.1) is 0 Å². The van der Waals surface area contributed by atoms with Crippen molar-refractivity contribution in [3.05, 3.63) is 0 Å². The minimum atomic E-state index is -1.56. The molecule has 0 aromatic carbocycles. The number of rotatable bonds is 7. The van der Waals surface area contributed by atoms with Gasteiger partial charge in [-0.3, -0.25) is 9.59 Å². The van der Waals surface area contributed by atoms with E-state index in [1.807, 2.05) is 0 Å². The number of hydrogen-bond acceptors (Lipinski definition) is 5. The van der Waals surface area contributed by atoms with Crippen molar-refractivity contribution in [2.75, 3.05) is 18.5 Å². The molecule has 0 amide bonds. The Morgan fingerprint density at radius 1 is 1.19 bits per heavy atom. The fourth-order valence-electron chi connectivity index (χ4n) is 1.09. The second-order valence-electron chi connectivity index (χ2n) is 3.03. The van der Waals surface area contributed by atoms with E-state index in [1.165, 1.54) is 0 Å². The van der Waals surface area contributed by atoms with E-state index in [0.717, 1.165) is 0 Å². The fourth-order valence-corrected chi connectivity index (χ4v) is 1.78. The molecule has 0 aliphatic rings. The molecule has 6 heteroatoms. The van der Waals surface area contributed by atoms with Crippen LogP contribution >= 0.6 is 15.9 Å². The highest BCUT2D eigenvalue weighted by atomic mass is 79.9. The number of aldehydes is 1. The molecule has 92 valence electrons. The summed E-state index contributed by atoms with van der Waals surface area (Å²) in [5.74, 6) is -1.48. The summed E-state index contributed by atoms with van der Waals surface area (Å²) in [5, 5.41) is -0.00356. The van der Waals surface area contributed by atoms with E-state index in [4.69, 9.17) is 9.47 Å². The van der Waals surface area contributed by atoms with Gasteiger partial charge < -0.3 is 14.3 Å². The van der Waals surface area contributed by atoms with Gasteiger partial charge >= 0.3 is 11.9 Å². The maximum absolute atomic E-state index is 11.7. The predicted molar refractivity (Wildman–Crippen MR) is 60.2 cm³/mol. The largest absolute Gasteiger partial charge is 0.465 e. The zero-order valence-electron chi connectivity index (χ0n) is 9.32. The van der Waals surface area contributed by atoms with E-state index in [2.05, 4.69) is 15.9 Å². The van der Waals surface area contributed by atoms with Gasteiger partial charge in [-0.25, -0.2) is 0 Å². The Kier molecular flexibility index (Phi) is 6.96. The van der Waals surface area contributed by atoms with Crippen molar-refractivity contribution in [1.29, 1.82) is 0 Å². The van der Waals surface area contributed by atoms with Crippen molar-refractivity contribution < 1.29 is 23.9 Å². The summed E-state index contributed by atoms with van der Waals surface area (Å²) in [4.78, 5) is 33.9. The number of carbonyl (C=O) groups is 3. The van der Waals surface area contributed by atoms with Crippen molar-refractivity contribution in [2.45, 2.75) is 20.3 Å². The summed E-state index contributed by atoms with van der Waals surface area (Å²) in [5.41, 5.74) is -1.56. The summed E-state index contributed by atoms with van der Waals surface area (Å²) < 4.78 is 9.58. The molecule has 0 saturated carbocycles. The molecule has 0 aliphatic heterocycles.